The van der Waals surface area contributed by atoms with Crippen molar-refractivity contribution in [3.63, 3.8) is 0 Å². The Kier molecular flexibility index (Phi) is 7.97. The zero-order valence-electron chi connectivity index (χ0n) is 18.9. The van der Waals surface area contributed by atoms with E-state index in [4.69, 9.17) is 18.9 Å². The van der Waals surface area contributed by atoms with E-state index in [1.165, 1.54) is 6.08 Å². The monoisotopic (exact) mass is 487 g/mol. The van der Waals surface area contributed by atoms with Gasteiger partial charge in [0.2, 0.25) is 12.3 Å². The van der Waals surface area contributed by atoms with Gasteiger partial charge in [-0.1, -0.05) is 54.6 Å². The first kappa shape index (κ1) is 24.5. The largest absolute Gasteiger partial charge is 0.459 e. The highest BCUT2D eigenvalue weighted by atomic mass is 16.7. The van der Waals surface area contributed by atoms with Crippen LogP contribution in [0.3, 0.4) is 0 Å². The maximum absolute atomic E-state index is 12.8. The minimum atomic E-state index is -1.33. The summed E-state index contributed by atoms with van der Waals surface area (Å²) in [5, 5.41) is 0. The lowest BCUT2D eigenvalue weighted by molar-refractivity contribution is -0.0445. The maximum atomic E-state index is 12.8. The molecule has 1 aliphatic rings. The number of hydrogen-bond acceptors (Lipinski definition) is 9. The molecule has 1 aliphatic heterocycles. The first-order valence-electron chi connectivity index (χ1n) is 11.0. The van der Waals surface area contributed by atoms with Crippen molar-refractivity contribution in [3.05, 3.63) is 108 Å². The number of nitrogens with zero attached hydrogens (tertiary/aromatic N) is 1. The second kappa shape index (κ2) is 11.7. The quantitative estimate of drug-likeness (QED) is 0.205. The molecule has 1 saturated heterocycles. The summed E-state index contributed by atoms with van der Waals surface area (Å²) < 4.78 is 22.3. The van der Waals surface area contributed by atoms with Gasteiger partial charge in [0.1, 0.15) is 12.7 Å². The lowest BCUT2D eigenvalue weighted by atomic mass is 10.1. The van der Waals surface area contributed by atoms with Crippen LogP contribution in [0, 0.1) is 0 Å². The Morgan fingerprint density at radius 3 is 1.61 bits per heavy atom. The van der Waals surface area contributed by atoms with Gasteiger partial charge in [-0.05, 0) is 36.4 Å². The first-order chi connectivity index (χ1) is 17.6. The van der Waals surface area contributed by atoms with Crippen LogP contribution in [0.4, 0.5) is 0 Å². The van der Waals surface area contributed by atoms with Gasteiger partial charge in [-0.3, -0.25) is 0 Å². The zero-order chi connectivity index (χ0) is 25.3. The summed E-state index contributed by atoms with van der Waals surface area (Å²) in [6.07, 6.45) is -3.57. The molecule has 0 amide bonds. The smallest absolute Gasteiger partial charge is 0.338 e. The number of carbonyl (C=O) groups is 3. The predicted octanol–water partition coefficient (Wildman–Crippen LogP) is 3.36. The van der Waals surface area contributed by atoms with E-state index in [0.29, 0.717) is 5.56 Å². The van der Waals surface area contributed by atoms with E-state index >= 15 is 0 Å². The van der Waals surface area contributed by atoms with Crippen molar-refractivity contribution in [3.8, 4) is 0 Å². The molecule has 0 bridgehead atoms. The molecule has 0 aromatic heterocycles. The first-order valence-corrected chi connectivity index (χ1v) is 11.0. The van der Waals surface area contributed by atoms with Crippen molar-refractivity contribution in [1.29, 1.82) is 0 Å². The molecule has 0 radical (unpaired) electrons. The van der Waals surface area contributed by atoms with Crippen LogP contribution >= 0.6 is 0 Å². The van der Waals surface area contributed by atoms with Crippen LogP contribution in [0.15, 0.2) is 96.0 Å². The number of isocyanates is 1. The lowest BCUT2D eigenvalue weighted by Gasteiger charge is -2.23. The highest BCUT2D eigenvalue weighted by Crippen LogP contribution is 2.30. The Hall–Kier alpha value is -4.59. The van der Waals surface area contributed by atoms with Gasteiger partial charge >= 0.3 is 17.9 Å². The van der Waals surface area contributed by atoms with Crippen LogP contribution in [0.25, 0.3) is 0 Å². The van der Waals surface area contributed by atoms with Gasteiger partial charge < -0.3 is 18.9 Å². The zero-order valence-corrected chi connectivity index (χ0v) is 18.9. The van der Waals surface area contributed by atoms with Gasteiger partial charge in [0.15, 0.2) is 12.2 Å². The van der Waals surface area contributed by atoms with Crippen LogP contribution in [0.1, 0.15) is 31.1 Å². The summed E-state index contributed by atoms with van der Waals surface area (Å²) in [6.45, 7) is -0.356. The van der Waals surface area contributed by atoms with Gasteiger partial charge in [-0.25, -0.2) is 19.2 Å². The normalized spacial score (nSPS) is 20.6. The summed E-state index contributed by atoms with van der Waals surface area (Å²) in [6, 6.07) is 24.6. The molecule has 1 heterocycles. The summed E-state index contributed by atoms with van der Waals surface area (Å²) in [5.41, 5.74) is 0.786. The van der Waals surface area contributed by atoms with Crippen molar-refractivity contribution in [2.45, 2.75) is 24.5 Å². The molecular weight excluding hydrogens is 466 g/mol. The van der Waals surface area contributed by atoms with Crippen molar-refractivity contribution in [2.75, 3.05) is 6.61 Å². The molecular formula is C27H21NO8. The minimum Gasteiger partial charge on any atom is -0.459 e. The average molecular weight is 487 g/mol. The molecule has 0 unspecified atom stereocenters. The van der Waals surface area contributed by atoms with Crippen molar-refractivity contribution >= 4 is 24.0 Å². The number of ether oxygens (including phenoxy) is 4. The van der Waals surface area contributed by atoms with Gasteiger partial charge in [0, 0.05) is 0 Å². The third-order valence-electron chi connectivity index (χ3n) is 5.36. The Morgan fingerprint density at radius 2 is 1.14 bits per heavy atom. The highest BCUT2D eigenvalue weighted by molar-refractivity contribution is 5.91. The molecule has 36 heavy (non-hydrogen) atoms. The SMILES string of the molecule is O=C=N[C@@H]1O[C@H](COC(=O)c2ccccc2)[C@@H](OC(=O)c2ccccc2)[C@H]1OC(=O)c1ccccc1. The summed E-state index contributed by atoms with van der Waals surface area (Å²) in [5.74, 6) is -2.09. The molecule has 9 heteroatoms. The third kappa shape index (κ3) is 5.90. The molecule has 182 valence electrons. The third-order valence-corrected chi connectivity index (χ3v) is 5.36. The van der Waals surface area contributed by atoms with Gasteiger partial charge in [-0.2, -0.15) is 4.99 Å². The number of aliphatic imine (C=N–C) groups is 1. The number of rotatable bonds is 8. The molecule has 0 aliphatic carbocycles. The minimum absolute atomic E-state index is 0.235. The van der Waals surface area contributed by atoms with E-state index in [9.17, 15) is 19.2 Å². The molecule has 9 nitrogen and oxygen atoms in total. The molecule has 4 atom stereocenters. The number of hydrogen-bond donors (Lipinski definition) is 0. The van der Waals surface area contributed by atoms with Crippen molar-refractivity contribution < 1.29 is 38.1 Å². The lowest BCUT2D eigenvalue weighted by Crippen LogP contribution is -2.41. The fraction of sp³-hybridized carbons (Fsp3) is 0.185. The predicted molar refractivity (Wildman–Crippen MR) is 125 cm³/mol. The van der Waals surface area contributed by atoms with E-state index in [1.54, 1.807) is 91.0 Å². The van der Waals surface area contributed by atoms with Gasteiger partial charge in [-0.15, -0.1) is 0 Å². The number of benzene rings is 3. The summed E-state index contributed by atoms with van der Waals surface area (Å²) >= 11 is 0. The molecule has 0 N–H and O–H groups in total. The molecule has 1 fully saturated rings. The second-order valence-corrected chi connectivity index (χ2v) is 7.72. The van der Waals surface area contributed by atoms with Crippen LogP contribution in [-0.2, 0) is 23.7 Å². The number of esters is 3. The highest BCUT2D eigenvalue weighted by Gasteiger charge is 2.50. The summed E-state index contributed by atoms with van der Waals surface area (Å²) in [7, 11) is 0. The Bertz CT molecular complexity index is 1240. The second-order valence-electron chi connectivity index (χ2n) is 7.72. The molecule has 4 rings (SSSR count). The van der Waals surface area contributed by atoms with E-state index in [2.05, 4.69) is 4.99 Å². The molecule has 3 aromatic rings. The van der Waals surface area contributed by atoms with E-state index in [0.717, 1.165) is 0 Å². The van der Waals surface area contributed by atoms with Crippen LogP contribution in [0.2, 0.25) is 0 Å². The topological polar surface area (TPSA) is 118 Å². The number of carbonyl (C=O) groups excluding carboxylic acids is 4. The van der Waals surface area contributed by atoms with Gasteiger partial charge in [0.05, 0.1) is 16.7 Å². The maximum Gasteiger partial charge on any atom is 0.338 e. The van der Waals surface area contributed by atoms with Gasteiger partial charge in [0.25, 0.3) is 0 Å². The van der Waals surface area contributed by atoms with Crippen molar-refractivity contribution in [2.24, 2.45) is 4.99 Å². The molecule has 0 spiro atoms. The van der Waals surface area contributed by atoms with E-state index in [1.807, 2.05) is 0 Å². The molecule has 0 saturated carbocycles. The Morgan fingerprint density at radius 1 is 0.694 bits per heavy atom. The van der Waals surface area contributed by atoms with Crippen LogP contribution < -0.4 is 0 Å². The summed E-state index contributed by atoms with van der Waals surface area (Å²) in [4.78, 5) is 52.7. The van der Waals surface area contributed by atoms with Crippen molar-refractivity contribution in [1.82, 2.24) is 0 Å². The van der Waals surface area contributed by atoms with E-state index in [-0.39, 0.29) is 17.7 Å². The van der Waals surface area contributed by atoms with Crippen LogP contribution in [-0.4, -0.2) is 55.1 Å². The average Bonchev–Trinajstić information content (AvgIpc) is 3.24. The molecule has 3 aromatic carbocycles. The van der Waals surface area contributed by atoms with Crippen LogP contribution in [0.5, 0.6) is 0 Å². The standard InChI is InChI=1S/C27H21NO8/c29-17-28-24-23(36-27(32)20-14-8-3-9-15-20)22(35-26(31)19-12-6-2-7-13-19)21(34-24)16-33-25(30)18-10-4-1-5-11-18/h1-15,21-24H,16H2/t21-,22-,23-,24-/m1/s1. The fourth-order valence-electron chi connectivity index (χ4n) is 3.61. The Labute approximate surface area is 206 Å². The Balaban J connectivity index is 1.58. The fourth-order valence-corrected chi connectivity index (χ4v) is 3.61. The van der Waals surface area contributed by atoms with E-state index < -0.39 is 42.4 Å².